The Kier molecular flexibility index (Phi) is 7.29. The maximum atomic E-state index is 12.8. The van der Waals surface area contributed by atoms with Crippen LogP contribution in [0.25, 0.3) is 0 Å². The Morgan fingerprint density at radius 2 is 1.85 bits per heavy atom. The molecule has 0 aromatic carbocycles. The summed E-state index contributed by atoms with van der Waals surface area (Å²) in [7, 11) is 0. The van der Waals surface area contributed by atoms with Crippen LogP contribution in [-0.2, 0) is 9.59 Å². The Labute approximate surface area is 156 Å². The molecule has 3 atom stereocenters. The van der Waals surface area contributed by atoms with E-state index in [-0.39, 0.29) is 23.9 Å². The smallest absolute Gasteiger partial charge is 0.317 e. The van der Waals surface area contributed by atoms with Gasteiger partial charge in [0, 0.05) is 38.6 Å². The fourth-order valence-corrected chi connectivity index (χ4v) is 4.01. The fourth-order valence-electron chi connectivity index (χ4n) is 4.01. The van der Waals surface area contributed by atoms with Crippen molar-refractivity contribution in [1.82, 2.24) is 15.1 Å². The van der Waals surface area contributed by atoms with Crippen LogP contribution in [0, 0.1) is 17.8 Å². The van der Waals surface area contributed by atoms with Crippen molar-refractivity contribution in [2.75, 3.05) is 26.2 Å². The van der Waals surface area contributed by atoms with Gasteiger partial charge in [0.1, 0.15) is 0 Å². The molecule has 2 saturated heterocycles. The normalized spacial score (nSPS) is 26.7. The van der Waals surface area contributed by atoms with Gasteiger partial charge in [0.25, 0.3) is 0 Å². The Balaban J connectivity index is 1.88. The van der Waals surface area contributed by atoms with Gasteiger partial charge in [0.05, 0.1) is 5.92 Å². The Hall–Kier alpha value is -1.79. The number of likely N-dealkylation sites (tertiary alicyclic amines) is 2. The predicted molar refractivity (Wildman–Crippen MR) is 98.7 cm³/mol. The van der Waals surface area contributed by atoms with Crippen molar-refractivity contribution < 1.29 is 19.5 Å². The molecule has 0 bridgehead atoms. The second-order valence-electron chi connectivity index (χ2n) is 8.15. The minimum atomic E-state index is -0.819. The van der Waals surface area contributed by atoms with Gasteiger partial charge in [0.15, 0.2) is 0 Å². The lowest BCUT2D eigenvalue weighted by molar-refractivity contribution is -0.149. The van der Waals surface area contributed by atoms with Gasteiger partial charge in [-0.15, -0.1) is 0 Å². The van der Waals surface area contributed by atoms with Crippen LogP contribution in [0.3, 0.4) is 0 Å². The Morgan fingerprint density at radius 1 is 1.15 bits per heavy atom. The molecular formula is C19H33N3O4. The van der Waals surface area contributed by atoms with Crippen LogP contribution in [0.4, 0.5) is 4.79 Å². The summed E-state index contributed by atoms with van der Waals surface area (Å²) < 4.78 is 0. The molecule has 1 unspecified atom stereocenters. The highest BCUT2D eigenvalue weighted by molar-refractivity contribution is 5.79. The summed E-state index contributed by atoms with van der Waals surface area (Å²) in [5.41, 5.74) is 0. The summed E-state index contributed by atoms with van der Waals surface area (Å²) in [6.45, 7) is 8.57. The summed E-state index contributed by atoms with van der Waals surface area (Å²) in [6, 6.07) is -0.309. The van der Waals surface area contributed by atoms with E-state index in [0.717, 1.165) is 25.8 Å². The summed E-state index contributed by atoms with van der Waals surface area (Å²) >= 11 is 0. The highest BCUT2D eigenvalue weighted by Gasteiger charge is 2.36. The van der Waals surface area contributed by atoms with E-state index in [0.29, 0.717) is 38.4 Å². The lowest BCUT2D eigenvalue weighted by atomic mass is 9.88. The molecule has 7 heteroatoms. The van der Waals surface area contributed by atoms with E-state index in [9.17, 15) is 19.5 Å². The first-order valence-corrected chi connectivity index (χ1v) is 9.84. The number of carboxylic acid groups (broad SMARTS) is 1. The Morgan fingerprint density at radius 3 is 2.50 bits per heavy atom. The van der Waals surface area contributed by atoms with Gasteiger partial charge in [-0.25, -0.2) is 4.79 Å². The molecule has 148 valence electrons. The number of rotatable bonds is 5. The first-order chi connectivity index (χ1) is 12.3. The minimum absolute atomic E-state index is 0.0258. The van der Waals surface area contributed by atoms with Gasteiger partial charge in [-0.1, -0.05) is 13.8 Å². The van der Waals surface area contributed by atoms with Crippen LogP contribution in [0.15, 0.2) is 0 Å². The molecule has 0 spiro atoms. The molecule has 0 aromatic rings. The summed E-state index contributed by atoms with van der Waals surface area (Å²) in [5, 5.41) is 12.3. The van der Waals surface area contributed by atoms with Crippen molar-refractivity contribution in [3.8, 4) is 0 Å². The maximum Gasteiger partial charge on any atom is 0.317 e. The monoisotopic (exact) mass is 367 g/mol. The zero-order valence-corrected chi connectivity index (χ0v) is 16.2. The molecule has 2 aliphatic rings. The lowest BCUT2D eigenvalue weighted by Crippen LogP contribution is -2.51. The van der Waals surface area contributed by atoms with Crippen molar-refractivity contribution in [1.29, 1.82) is 0 Å². The molecule has 2 N–H and O–H groups in total. The molecule has 26 heavy (non-hydrogen) atoms. The average molecular weight is 367 g/mol. The molecule has 7 nitrogen and oxygen atoms in total. The maximum absolute atomic E-state index is 12.8. The lowest BCUT2D eigenvalue weighted by Gasteiger charge is -2.39. The van der Waals surface area contributed by atoms with Gasteiger partial charge >= 0.3 is 12.0 Å². The van der Waals surface area contributed by atoms with E-state index in [2.05, 4.69) is 19.2 Å². The van der Waals surface area contributed by atoms with Crippen molar-refractivity contribution in [3.63, 3.8) is 0 Å². The standard InChI is InChI=1S/C19H33N3O4/c1-13(2)11-20-19(26)21-8-4-6-15(12-21)10-17(23)22-9-5-7-16(14(22)3)18(24)25/h13-16H,4-12H2,1-3H3,(H,20,26)(H,24,25)/t14-,15?,16-/m0/s1. The summed E-state index contributed by atoms with van der Waals surface area (Å²) in [6.07, 6.45) is 3.60. The van der Waals surface area contributed by atoms with Crippen LogP contribution in [0.2, 0.25) is 0 Å². The number of nitrogens with zero attached hydrogens (tertiary/aromatic N) is 2. The number of hydrogen-bond acceptors (Lipinski definition) is 3. The summed E-state index contributed by atoms with van der Waals surface area (Å²) in [4.78, 5) is 39.9. The molecule has 0 radical (unpaired) electrons. The molecule has 0 aliphatic carbocycles. The van der Waals surface area contributed by atoms with Gasteiger partial charge in [0.2, 0.25) is 5.91 Å². The largest absolute Gasteiger partial charge is 0.481 e. The highest BCUT2D eigenvalue weighted by Crippen LogP contribution is 2.27. The molecule has 0 aromatic heterocycles. The van der Waals surface area contributed by atoms with E-state index >= 15 is 0 Å². The zero-order chi connectivity index (χ0) is 19.3. The minimum Gasteiger partial charge on any atom is -0.481 e. The first kappa shape index (κ1) is 20.5. The van der Waals surface area contributed by atoms with Crippen molar-refractivity contribution in [2.24, 2.45) is 17.8 Å². The fraction of sp³-hybridized carbons (Fsp3) is 0.842. The Bertz CT molecular complexity index is 523. The predicted octanol–water partition coefficient (Wildman–Crippen LogP) is 2.17. The molecular weight excluding hydrogens is 334 g/mol. The molecule has 2 rings (SSSR count). The molecule has 0 saturated carbocycles. The van der Waals surface area contributed by atoms with Crippen LogP contribution >= 0.6 is 0 Å². The quantitative estimate of drug-likeness (QED) is 0.779. The first-order valence-electron chi connectivity index (χ1n) is 9.84. The van der Waals surface area contributed by atoms with E-state index in [1.807, 2.05) is 11.8 Å². The zero-order valence-electron chi connectivity index (χ0n) is 16.2. The number of amides is 3. The molecule has 3 amide bonds. The number of carbonyl (C=O) groups is 3. The number of aliphatic carboxylic acids is 1. The highest BCUT2D eigenvalue weighted by atomic mass is 16.4. The van der Waals surface area contributed by atoms with Crippen molar-refractivity contribution in [2.45, 2.75) is 58.9 Å². The third-order valence-electron chi connectivity index (χ3n) is 5.56. The summed E-state index contributed by atoms with van der Waals surface area (Å²) in [5.74, 6) is -0.710. The molecule has 2 aliphatic heterocycles. The number of carboxylic acids is 1. The van der Waals surface area contributed by atoms with E-state index in [1.165, 1.54) is 0 Å². The van der Waals surface area contributed by atoms with Crippen molar-refractivity contribution >= 4 is 17.9 Å². The molecule has 2 fully saturated rings. The number of carbonyl (C=O) groups excluding carboxylic acids is 2. The number of hydrogen-bond donors (Lipinski definition) is 2. The van der Waals surface area contributed by atoms with Crippen LogP contribution in [0.5, 0.6) is 0 Å². The topological polar surface area (TPSA) is 90.0 Å². The number of piperidine rings is 2. The van der Waals surface area contributed by atoms with Gasteiger partial charge in [-0.3, -0.25) is 9.59 Å². The third kappa shape index (κ3) is 5.35. The van der Waals surface area contributed by atoms with Gasteiger partial charge in [-0.05, 0) is 44.4 Å². The van der Waals surface area contributed by atoms with E-state index in [4.69, 9.17) is 0 Å². The van der Waals surface area contributed by atoms with Crippen LogP contribution in [-0.4, -0.2) is 65.0 Å². The van der Waals surface area contributed by atoms with E-state index < -0.39 is 11.9 Å². The van der Waals surface area contributed by atoms with Crippen LogP contribution in [0.1, 0.15) is 52.9 Å². The molecule has 2 heterocycles. The average Bonchev–Trinajstić information content (AvgIpc) is 2.59. The number of nitrogens with one attached hydrogen (secondary N) is 1. The second-order valence-corrected chi connectivity index (χ2v) is 8.15. The number of urea groups is 1. The van der Waals surface area contributed by atoms with E-state index in [1.54, 1.807) is 4.90 Å². The SMILES string of the molecule is CC(C)CNC(=O)N1CCCC(CC(=O)N2CCC[C@H](C(=O)O)[C@@H]2C)C1. The van der Waals surface area contributed by atoms with Crippen LogP contribution < -0.4 is 5.32 Å². The second kappa shape index (κ2) is 9.24. The van der Waals surface area contributed by atoms with Gasteiger partial charge in [-0.2, -0.15) is 0 Å². The van der Waals surface area contributed by atoms with Gasteiger partial charge < -0.3 is 20.2 Å². The third-order valence-corrected chi connectivity index (χ3v) is 5.56. The van der Waals surface area contributed by atoms with Crippen molar-refractivity contribution in [3.05, 3.63) is 0 Å².